The number of aromatic nitrogens is 2. The van der Waals surface area contributed by atoms with Crippen LogP contribution in [0.15, 0.2) is 59.7 Å². The van der Waals surface area contributed by atoms with E-state index in [0.29, 0.717) is 22.2 Å². The number of nitrogens with one attached hydrogen (secondary N) is 1. The molecule has 6 nitrogen and oxygen atoms in total. The van der Waals surface area contributed by atoms with E-state index in [2.05, 4.69) is 22.5 Å². The van der Waals surface area contributed by atoms with Crippen molar-refractivity contribution in [2.24, 2.45) is 5.10 Å². The molecule has 1 amide bonds. The molecule has 0 aliphatic carbocycles. The van der Waals surface area contributed by atoms with Crippen molar-refractivity contribution >= 4 is 23.7 Å². The van der Waals surface area contributed by atoms with Crippen LogP contribution in [0.2, 0.25) is 5.15 Å². The van der Waals surface area contributed by atoms with Crippen molar-refractivity contribution in [2.75, 3.05) is 6.61 Å². The van der Waals surface area contributed by atoms with Crippen LogP contribution < -0.4 is 10.2 Å². The van der Waals surface area contributed by atoms with E-state index in [1.807, 2.05) is 61.5 Å². The largest absolute Gasteiger partial charge is 0.484 e. The molecule has 1 aromatic heterocycles. The Bertz CT molecular complexity index is 982. The van der Waals surface area contributed by atoms with Crippen molar-refractivity contribution in [3.05, 3.63) is 76.6 Å². The van der Waals surface area contributed by atoms with Crippen molar-refractivity contribution < 1.29 is 9.53 Å². The summed E-state index contributed by atoms with van der Waals surface area (Å²) < 4.78 is 7.11. The van der Waals surface area contributed by atoms with Crippen molar-refractivity contribution in [3.63, 3.8) is 0 Å². The highest BCUT2D eigenvalue weighted by molar-refractivity contribution is 6.32. The van der Waals surface area contributed by atoms with Gasteiger partial charge in [-0.25, -0.2) is 10.1 Å². The molecule has 0 atom stereocenters. The second kappa shape index (κ2) is 9.89. The molecule has 3 aromatic rings. The van der Waals surface area contributed by atoms with Gasteiger partial charge in [0, 0.05) is 0 Å². The molecular weight excluding hydrogens is 388 g/mol. The van der Waals surface area contributed by atoms with Gasteiger partial charge in [0.15, 0.2) is 6.61 Å². The second-order valence-electron chi connectivity index (χ2n) is 6.51. The van der Waals surface area contributed by atoms with E-state index in [0.717, 1.165) is 18.5 Å². The van der Waals surface area contributed by atoms with Crippen LogP contribution in [0.1, 0.15) is 30.2 Å². The Hall–Kier alpha value is -3.12. The Morgan fingerprint density at radius 1 is 1.21 bits per heavy atom. The van der Waals surface area contributed by atoms with Crippen molar-refractivity contribution in [2.45, 2.75) is 26.7 Å². The first-order chi connectivity index (χ1) is 14.1. The van der Waals surface area contributed by atoms with Crippen LogP contribution in [0, 0.1) is 6.92 Å². The van der Waals surface area contributed by atoms with Crippen LogP contribution in [0.3, 0.4) is 0 Å². The Labute approximate surface area is 175 Å². The first-order valence-corrected chi connectivity index (χ1v) is 9.80. The van der Waals surface area contributed by atoms with Crippen molar-refractivity contribution in [3.8, 4) is 11.4 Å². The minimum atomic E-state index is -0.358. The summed E-state index contributed by atoms with van der Waals surface area (Å²) in [4.78, 5) is 12.0. The number of carbonyl (C=O) groups is 1. The van der Waals surface area contributed by atoms with Gasteiger partial charge in [-0.05, 0) is 43.2 Å². The van der Waals surface area contributed by atoms with E-state index in [9.17, 15) is 4.79 Å². The van der Waals surface area contributed by atoms with Gasteiger partial charge in [-0.1, -0.05) is 55.3 Å². The molecule has 2 aromatic carbocycles. The number of para-hydroxylation sites is 1. The van der Waals surface area contributed by atoms with Crippen LogP contribution in [0.5, 0.6) is 5.75 Å². The number of hydrogen-bond donors (Lipinski definition) is 1. The molecule has 1 N–H and O–H groups in total. The quantitative estimate of drug-likeness (QED) is 0.444. The van der Waals surface area contributed by atoms with Crippen molar-refractivity contribution in [1.29, 1.82) is 0 Å². The van der Waals surface area contributed by atoms with Gasteiger partial charge in [-0.2, -0.15) is 10.2 Å². The molecule has 0 saturated carbocycles. The molecule has 0 unspecified atom stereocenters. The third kappa shape index (κ3) is 5.45. The highest BCUT2D eigenvalue weighted by Gasteiger charge is 2.13. The smallest absolute Gasteiger partial charge is 0.277 e. The average Bonchev–Trinajstić information content (AvgIpc) is 3.02. The van der Waals surface area contributed by atoms with Gasteiger partial charge in [0.05, 0.1) is 23.2 Å². The first kappa shape index (κ1) is 20.6. The Morgan fingerprint density at radius 2 is 1.93 bits per heavy atom. The highest BCUT2D eigenvalue weighted by Crippen LogP contribution is 2.21. The van der Waals surface area contributed by atoms with Gasteiger partial charge in [-0.3, -0.25) is 4.79 Å². The summed E-state index contributed by atoms with van der Waals surface area (Å²) in [5.41, 5.74) is 5.89. The number of halogens is 1. The molecule has 3 rings (SSSR count). The fourth-order valence-electron chi connectivity index (χ4n) is 2.79. The number of rotatable bonds is 8. The summed E-state index contributed by atoms with van der Waals surface area (Å²) in [7, 11) is 0. The monoisotopic (exact) mass is 410 g/mol. The molecule has 0 saturated heterocycles. The maximum Gasteiger partial charge on any atom is 0.277 e. The summed E-state index contributed by atoms with van der Waals surface area (Å²) in [6.45, 7) is 3.84. The fourth-order valence-corrected chi connectivity index (χ4v) is 3.11. The van der Waals surface area contributed by atoms with E-state index < -0.39 is 0 Å². The highest BCUT2D eigenvalue weighted by atomic mass is 35.5. The zero-order chi connectivity index (χ0) is 20.6. The molecule has 0 spiro atoms. The lowest BCUT2D eigenvalue weighted by atomic mass is 10.1. The van der Waals surface area contributed by atoms with Crippen molar-refractivity contribution in [1.82, 2.24) is 15.2 Å². The van der Waals surface area contributed by atoms with Crippen LogP contribution in [0.4, 0.5) is 0 Å². The fraction of sp³-hybridized carbons (Fsp3) is 0.227. The van der Waals surface area contributed by atoms with Gasteiger partial charge in [0.1, 0.15) is 10.9 Å². The van der Waals surface area contributed by atoms with Gasteiger partial charge >= 0.3 is 0 Å². The number of hydrazone groups is 1. The molecule has 150 valence electrons. The maximum absolute atomic E-state index is 12.0. The van der Waals surface area contributed by atoms with E-state index in [4.69, 9.17) is 16.3 Å². The SMILES string of the molecule is CCCc1ccc(OCC(=O)N/N=C/c2c(C)nn(-c3ccccc3)c2Cl)cc1. The molecule has 7 heteroatoms. The second-order valence-corrected chi connectivity index (χ2v) is 6.87. The number of hydrogen-bond acceptors (Lipinski definition) is 4. The molecular formula is C22H23ClN4O2. The van der Waals surface area contributed by atoms with Gasteiger partial charge in [0.25, 0.3) is 5.91 Å². The number of benzene rings is 2. The van der Waals surface area contributed by atoms with Crippen LogP contribution in [-0.2, 0) is 11.2 Å². The third-order valence-corrected chi connectivity index (χ3v) is 4.63. The standard InChI is InChI=1S/C22H23ClN4O2/c1-3-7-17-10-12-19(13-11-17)29-15-21(28)25-24-14-20-16(2)26-27(22(20)23)18-8-5-4-6-9-18/h4-6,8-14H,3,7,15H2,1-2H3,(H,25,28)/b24-14+. The summed E-state index contributed by atoms with van der Waals surface area (Å²) in [6, 6.07) is 17.3. The summed E-state index contributed by atoms with van der Waals surface area (Å²) in [5, 5.41) is 8.84. The Kier molecular flexibility index (Phi) is 7.03. The van der Waals surface area contributed by atoms with Crippen LogP contribution >= 0.6 is 11.6 Å². The number of nitrogens with zero attached hydrogens (tertiary/aromatic N) is 3. The lowest BCUT2D eigenvalue weighted by Gasteiger charge is -2.06. The van der Waals surface area contributed by atoms with E-state index in [1.54, 1.807) is 4.68 Å². The van der Waals surface area contributed by atoms with E-state index in [-0.39, 0.29) is 12.5 Å². The molecule has 0 fully saturated rings. The lowest BCUT2D eigenvalue weighted by molar-refractivity contribution is -0.123. The normalized spacial score (nSPS) is 11.0. The number of ether oxygens (including phenoxy) is 1. The summed E-state index contributed by atoms with van der Waals surface area (Å²) in [6.07, 6.45) is 3.61. The minimum Gasteiger partial charge on any atom is -0.484 e. The Morgan fingerprint density at radius 3 is 2.62 bits per heavy atom. The van der Waals surface area contributed by atoms with Gasteiger partial charge in [0.2, 0.25) is 0 Å². The minimum absolute atomic E-state index is 0.125. The summed E-state index contributed by atoms with van der Waals surface area (Å²) in [5.74, 6) is 0.287. The van der Waals surface area contributed by atoms with Gasteiger partial charge < -0.3 is 4.74 Å². The zero-order valence-corrected chi connectivity index (χ0v) is 17.2. The predicted octanol–water partition coefficient (Wildman–Crippen LogP) is 4.32. The van der Waals surface area contributed by atoms with Crippen LogP contribution in [0.25, 0.3) is 5.69 Å². The first-order valence-electron chi connectivity index (χ1n) is 9.42. The molecule has 1 heterocycles. The third-order valence-electron chi connectivity index (χ3n) is 4.26. The predicted molar refractivity (Wildman–Crippen MR) is 115 cm³/mol. The topological polar surface area (TPSA) is 68.5 Å². The van der Waals surface area contributed by atoms with E-state index >= 15 is 0 Å². The number of carbonyl (C=O) groups excluding carboxylic acids is 1. The zero-order valence-electron chi connectivity index (χ0n) is 16.4. The number of amides is 1. The van der Waals surface area contributed by atoms with Crippen LogP contribution in [-0.4, -0.2) is 28.5 Å². The molecule has 0 radical (unpaired) electrons. The molecule has 0 aliphatic heterocycles. The molecule has 0 bridgehead atoms. The number of aryl methyl sites for hydroxylation is 2. The summed E-state index contributed by atoms with van der Waals surface area (Å²) >= 11 is 6.43. The average molecular weight is 411 g/mol. The molecule has 29 heavy (non-hydrogen) atoms. The maximum atomic E-state index is 12.0. The lowest BCUT2D eigenvalue weighted by Crippen LogP contribution is -2.24. The molecule has 0 aliphatic rings. The van der Waals surface area contributed by atoms with Gasteiger partial charge in [-0.15, -0.1) is 0 Å². The Balaban J connectivity index is 1.55. The van der Waals surface area contributed by atoms with E-state index in [1.165, 1.54) is 11.8 Å².